The van der Waals surface area contributed by atoms with Gasteiger partial charge >= 0.3 is 0 Å². The molecule has 15 heavy (non-hydrogen) atoms. The van der Waals surface area contributed by atoms with Crippen LogP contribution in [0.5, 0.6) is 0 Å². The van der Waals surface area contributed by atoms with Gasteiger partial charge in [-0.1, -0.05) is 11.6 Å². The van der Waals surface area contributed by atoms with Crippen molar-refractivity contribution in [3.63, 3.8) is 0 Å². The van der Waals surface area contributed by atoms with Crippen LogP contribution in [0.4, 0.5) is 5.69 Å². The maximum atomic E-state index is 5.97. The molecule has 2 nitrogen and oxygen atoms in total. The first-order valence-corrected chi connectivity index (χ1v) is 5.79. The van der Waals surface area contributed by atoms with E-state index in [-0.39, 0.29) is 0 Å². The molecule has 2 N–H and O–H groups in total. The largest absolute Gasteiger partial charge is 0.399 e. The highest BCUT2D eigenvalue weighted by molar-refractivity contribution is 6.30. The molecule has 1 atom stereocenters. The van der Waals surface area contributed by atoms with Crippen molar-refractivity contribution in [2.24, 2.45) is 0 Å². The van der Waals surface area contributed by atoms with Gasteiger partial charge in [-0.2, -0.15) is 0 Å². The average Bonchev–Trinajstić information content (AvgIpc) is 2.58. The molecular formula is C12H17ClN2. The van der Waals surface area contributed by atoms with Gasteiger partial charge in [0.25, 0.3) is 0 Å². The van der Waals surface area contributed by atoms with Crippen LogP contribution in [0.2, 0.25) is 5.02 Å². The summed E-state index contributed by atoms with van der Waals surface area (Å²) in [4.78, 5) is 2.40. The first-order valence-electron chi connectivity index (χ1n) is 5.41. The average molecular weight is 225 g/mol. The second kappa shape index (κ2) is 4.42. The zero-order valence-corrected chi connectivity index (χ0v) is 9.80. The topological polar surface area (TPSA) is 29.3 Å². The predicted octanol–water partition coefficient (Wildman–Crippen LogP) is 2.56. The van der Waals surface area contributed by atoms with Crippen molar-refractivity contribution in [2.75, 3.05) is 19.3 Å². The summed E-state index contributed by atoms with van der Waals surface area (Å²) in [5.74, 6) is 0. The van der Waals surface area contributed by atoms with Crippen molar-refractivity contribution in [3.05, 3.63) is 28.8 Å². The van der Waals surface area contributed by atoms with Gasteiger partial charge in [0.15, 0.2) is 0 Å². The number of likely N-dealkylation sites (N-methyl/N-ethyl adjacent to an activating group) is 1. The molecule has 0 saturated carbocycles. The Hall–Kier alpha value is -0.730. The van der Waals surface area contributed by atoms with Crippen molar-refractivity contribution in [1.29, 1.82) is 0 Å². The Bertz CT molecular complexity index is 351. The maximum Gasteiger partial charge on any atom is 0.0410 e. The van der Waals surface area contributed by atoms with E-state index in [1.165, 1.54) is 24.9 Å². The van der Waals surface area contributed by atoms with E-state index in [0.717, 1.165) is 17.1 Å². The highest BCUT2D eigenvalue weighted by Gasteiger charge is 2.21. The fourth-order valence-corrected chi connectivity index (χ4v) is 2.44. The van der Waals surface area contributed by atoms with Crippen LogP contribution in [0, 0.1) is 0 Å². The molecule has 1 aromatic rings. The smallest absolute Gasteiger partial charge is 0.0410 e. The highest BCUT2D eigenvalue weighted by Crippen LogP contribution is 2.24. The first kappa shape index (κ1) is 10.8. The first-order chi connectivity index (χ1) is 7.16. The summed E-state index contributed by atoms with van der Waals surface area (Å²) in [6.07, 6.45) is 3.58. The highest BCUT2D eigenvalue weighted by atomic mass is 35.5. The third-order valence-corrected chi connectivity index (χ3v) is 3.47. The molecule has 0 aromatic heterocycles. The summed E-state index contributed by atoms with van der Waals surface area (Å²) < 4.78 is 0. The molecule has 0 aliphatic carbocycles. The summed E-state index contributed by atoms with van der Waals surface area (Å²) in [6.45, 7) is 1.20. The van der Waals surface area contributed by atoms with Gasteiger partial charge in [0, 0.05) is 16.8 Å². The van der Waals surface area contributed by atoms with Crippen LogP contribution < -0.4 is 5.73 Å². The molecule has 1 aromatic carbocycles. The van der Waals surface area contributed by atoms with Crippen LogP contribution in [0.3, 0.4) is 0 Å². The molecule has 1 aliphatic heterocycles. The summed E-state index contributed by atoms with van der Waals surface area (Å²) in [5.41, 5.74) is 7.98. The fraction of sp³-hybridized carbons (Fsp3) is 0.500. The number of likely N-dealkylation sites (tertiary alicyclic amines) is 1. The Kier molecular flexibility index (Phi) is 3.17. The lowest BCUT2D eigenvalue weighted by atomic mass is 10.0. The van der Waals surface area contributed by atoms with Gasteiger partial charge in [0.1, 0.15) is 0 Å². The van der Waals surface area contributed by atoms with E-state index in [4.69, 9.17) is 17.3 Å². The van der Waals surface area contributed by atoms with Crippen molar-refractivity contribution in [3.8, 4) is 0 Å². The van der Waals surface area contributed by atoms with E-state index in [9.17, 15) is 0 Å². The number of rotatable bonds is 2. The molecule has 0 bridgehead atoms. The number of benzene rings is 1. The second-order valence-corrected chi connectivity index (χ2v) is 4.76. The molecule has 0 radical (unpaired) electrons. The van der Waals surface area contributed by atoms with Crippen molar-refractivity contribution < 1.29 is 0 Å². The summed E-state index contributed by atoms with van der Waals surface area (Å²) in [5, 5.41) is 0.778. The van der Waals surface area contributed by atoms with Crippen LogP contribution in [0.15, 0.2) is 18.2 Å². The number of nitrogens with zero attached hydrogens (tertiary/aromatic N) is 1. The Morgan fingerprint density at radius 3 is 3.00 bits per heavy atom. The molecule has 2 rings (SSSR count). The van der Waals surface area contributed by atoms with Gasteiger partial charge in [-0.25, -0.2) is 0 Å². The lowest BCUT2D eigenvalue weighted by Crippen LogP contribution is -2.27. The number of hydrogen-bond acceptors (Lipinski definition) is 2. The van der Waals surface area contributed by atoms with Gasteiger partial charge in [-0.15, -0.1) is 0 Å². The van der Waals surface area contributed by atoms with Gasteiger partial charge < -0.3 is 10.6 Å². The molecule has 1 heterocycles. The van der Waals surface area contributed by atoms with E-state index in [2.05, 4.69) is 11.9 Å². The van der Waals surface area contributed by atoms with E-state index in [0.29, 0.717) is 6.04 Å². The van der Waals surface area contributed by atoms with E-state index >= 15 is 0 Å². The number of hydrogen-bond donors (Lipinski definition) is 1. The molecule has 0 spiro atoms. The third kappa shape index (κ3) is 2.44. The summed E-state index contributed by atoms with van der Waals surface area (Å²) in [7, 11) is 2.18. The molecule has 1 aliphatic rings. The Balaban J connectivity index is 2.12. The molecule has 0 amide bonds. The number of nitrogens with two attached hydrogens (primary N) is 1. The number of halogens is 1. The van der Waals surface area contributed by atoms with Crippen molar-refractivity contribution in [2.45, 2.75) is 25.3 Å². The van der Waals surface area contributed by atoms with E-state index in [1.807, 2.05) is 18.2 Å². The fourth-order valence-electron chi connectivity index (χ4n) is 2.24. The zero-order chi connectivity index (χ0) is 10.8. The van der Waals surface area contributed by atoms with E-state index in [1.54, 1.807) is 0 Å². The van der Waals surface area contributed by atoms with Crippen molar-refractivity contribution in [1.82, 2.24) is 4.90 Å². The van der Waals surface area contributed by atoms with Crippen LogP contribution >= 0.6 is 11.6 Å². The van der Waals surface area contributed by atoms with Crippen LogP contribution in [0.1, 0.15) is 18.4 Å². The maximum absolute atomic E-state index is 5.97. The molecule has 1 unspecified atom stereocenters. The minimum Gasteiger partial charge on any atom is -0.399 e. The van der Waals surface area contributed by atoms with Crippen LogP contribution in [-0.2, 0) is 6.42 Å². The monoisotopic (exact) mass is 224 g/mol. The predicted molar refractivity (Wildman–Crippen MR) is 65.2 cm³/mol. The van der Waals surface area contributed by atoms with Gasteiger partial charge in [-0.05, 0) is 56.6 Å². The Labute approximate surface area is 96.0 Å². The van der Waals surface area contributed by atoms with Crippen LogP contribution in [-0.4, -0.2) is 24.5 Å². The summed E-state index contributed by atoms with van der Waals surface area (Å²) >= 11 is 5.97. The van der Waals surface area contributed by atoms with Gasteiger partial charge in [-0.3, -0.25) is 0 Å². The quantitative estimate of drug-likeness (QED) is 0.783. The lowest BCUT2D eigenvalue weighted by Gasteiger charge is -2.20. The molecule has 3 heteroatoms. The van der Waals surface area contributed by atoms with Gasteiger partial charge in [0.2, 0.25) is 0 Å². The Morgan fingerprint density at radius 1 is 1.53 bits per heavy atom. The Morgan fingerprint density at radius 2 is 2.33 bits per heavy atom. The number of anilines is 1. The molecule has 1 fully saturated rings. The molecule has 1 saturated heterocycles. The van der Waals surface area contributed by atoms with Crippen molar-refractivity contribution >= 4 is 17.3 Å². The molecule has 82 valence electrons. The lowest BCUT2D eigenvalue weighted by molar-refractivity contribution is 0.309. The van der Waals surface area contributed by atoms with Gasteiger partial charge in [0.05, 0.1) is 0 Å². The normalized spacial score (nSPS) is 22.1. The van der Waals surface area contributed by atoms with Crippen LogP contribution in [0.25, 0.3) is 0 Å². The standard InChI is InChI=1S/C12H17ClN2/c1-15-6-2-3-11(15)8-9-7-10(13)4-5-12(9)14/h4-5,7,11H,2-3,6,8,14H2,1H3. The second-order valence-electron chi connectivity index (χ2n) is 4.32. The SMILES string of the molecule is CN1CCCC1Cc1cc(Cl)ccc1N. The number of nitrogen functional groups attached to an aromatic ring is 1. The third-order valence-electron chi connectivity index (χ3n) is 3.23. The summed E-state index contributed by atoms with van der Waals surface area (Å²) in [6, 6.07) is 6.36. The van der Waals surface area contributed by atoms with E-state index < -0.39 is 0 Å². The minimum atomic E-state index is 0.630. The molecular weight excluding hydrogens is 208 g/mol. The minimum absolute atomic E-state index is 0.630. The zero-order valence-electron chi connectivity index (χ0n) is 9.04.